The van der Waals surface area contributed by atoms with Crippen molar-refractivity contribution in [1.82, 2.24) is 4.90 Å². The van der Waals surface area contributed by atoms with Crippen molar-refractivity contribution < 1.29 is 0 Å². The highest BCUT2D eigenvalue weighted by atomic mass is 15.0. The number of anilines is 1. The largest absolute Gasteiger partial charge is 0.379 e. The molecule has 0 aliphatic carbocycles. The summed E-state index contributed by atoms with van der Waals surface area (Å²) in [5.41, 5.74) is 4.20. The zero-order valence-electron chi connectivity index (χ0n) is 12.8. The molecule has 2 aromatic rings. The van der Waals surface area contributed by atoms with E-state index >= 15 is 0 Å². The highest BCUT2D eigenvalue weighted by molar-refractivity contribution is 5.47. The quantitative estimate of drug-likeness (QED) is 0.905. The number of hydrogen-bond acceptors (Lipinski definition) is 3. The molecule has 3 nitrogen and oxygen atoms in total. The number of nitrogens with zero attached hydrogens (tertiary/aromatic N) is 2. The molecule has 0 heterocycles. The Morgan fingerprint density at radius 3 is 2.48 bits per heavy atom. The first-order chi connectivity index (χ1) is 10.1. The molecular weight excluding hydrogens is 258 g/mol. The van der Waals surface area contributed by atoms with Gasteiger partial charge in [0.25, 0.3) is 0 Å². The summed E-state index contributed by atoms with van der Waals surface area (Å²) in [6.07, 6.45) is 0. The maximum Gasteiger partial charge on any atom is 0.0991 e. The predicted molar refractivity (Wildman–Crippen MR) is 87.0 cm³/mol. The Morgan fingerprint density at radius 1 is 1.14 bits per heavy atom. The van der Waals surface area contributed by atoms with Gasteiger partial charge >= 0.3 is 0 Å². The highest BCUT2D eigenvalue weighted by Crippen LogP contribution is 2.20. The molecule has 0 fully saturated rings. The van der Waals surface area contributed by atoms with Crippen LogP contribution < -0.4 is 5.32 Å². The fraction of sp³-hybridized carbons (Fsp3) is 0.278. The molecular formula is C18H21N3. The molecule has 0 bridgehead atoms. The third kappa shape index (κ3) is 4.34. The molecule has 0 aromatic heterocycles. The SMILES string of the molecule is CC(Nc1ccc(CN(C)C)cc1)c1cccc(C#N)c1. The van der Waals surface area contributed by atoms with Crippen molar-refractivity contribution in [2.45, 2.75) is 19.5 Å². The van der Waals surface area contributed by atoms with E-state index in [1.54, 1.807) is 0 Å². The van der Waals surface area contributed by atoms with E-state index in [1.807, 2.05) is 24.3 Å². The molecule has 21 heavy (non-hydrogen) atoms. The summed E-state index contributed by atoms with van der Waals surface area (Å²) in [4.78, 5) is 2.15. The van der Waals surface area contributed by atoms with Crippen LogP contribution >= 0.6 is 0 Å². The van der Waals surface area contributed by atoms with Crippen LogP contribution in [0.4, 0.5) is 5.69 Å². The molecule has 2 rings (SSSR count). The van der Waals surface area contributed by atoms with Crippen LogP contribution in [0.2, 0.25) is 0 Å². The van der Waals surface area contributed by atoms with Gasteiger partial charge in [0.2, 0.25) is 0 Å². The van der Waals surface area contributed by atoms with Crippen molar-refractivity contribution in [3.05, 3.63) is 65.2 Å². The Morgan fingerprint density at radius 2 is 1.86 bits per heavy atom. The number of hydrogen-bond donors (Lipinski definition) is 1. The van der Waals surface area contributed by atoms with E-state index in [1.165, 1.54) is 5.56 Å². The van der Waals surface area contributed by atoms with Crippen molar-refractivity contribution in [2.24, 2.45) is 0 Å². The fourth-order valence-electron chi connectivity index (χ4n) is 2.28. The molecule has 0 aliphatic heterocycles. The fourth-order valence-corrected chi connectivity index (χ4v) is 2.28. The molecule has 2 aromatic carbocycles. The van der Waals surface area contributed by atoms with Gasteiger partial charge in [0.15, 0.2) is 0 Å². The van der Waals surface area contributed by atoms with Gasteiger partial charge in [-0.05, 0) is 56.4 Å². The van der Waals surface area contributed by atoms with Gasteiger partial charge in [0, 0.05) is 18.3 Å². The van der Waals surface area contributed by atoms with Gasteiger partial charge < -0.3 is 10.2 Å². The number of benzene rings is 2. The van der Waals surface area contributed by atoms with Crippen molar-refractivity contribution in [3.8, 4) is 6.07 Å². The Balaban J connectivity index is 2.05. The molecule has 1 atom stereocenters. The molecule has 108 valence electrons. The zero-order chi connectivity index (χ0) is 15.2. The summed E-state index contributed by atoms with van der Waals surface area (Å²) in [5, 5.41) is 12.4. The van der Waals surface area contributed by atoms with Crippen LogP contribution in [0.25, 0.3) is 0 Å². The smallest absolute Gasteiger partial charge is 0.0991 e. The molecule has 0 radical (unpaired) electrons. The summed E-state index contributed by atoms with van der Waals surface area (Å²) < 4.78 is 0. The van der Waals surface area contributed by atoms with Crippen molar-refractivity contribution >= 4 is 5.69 Å². The first-order valence-corrected chi connectivity index (χ1v) is 7.09. The second kappa shape index (κ2) is 6.92. The predicted octanol–water partition coefficient (Wildman–Crippen LogP) is 3.79. The molecule has 3 heteroatoms. The number of nitrogens with one attached hydrogen (secondary N) is 1. The van der Waals surface area contributed by atoms with Gasteiger partial charge in [0.1, 0.15) is 0 Å². The van der Waals surface area contributed by atoms with Gasteiger partial charge in [-0.25, -0.2) is 0 Å². The monoisotopic (exact) mass is 279 g/mol. The maximum absolute atomic E-state index is 8.96. The molecule has 0 amide bonds. The lowest BCUT2D eigenvalue weighted by Gasteiger charge is -2.17. The van der Waals surface area contributed by atoms with Gasteiger partial charge in [-0.1, -0.05) is 24.3 Å². The summed E-state index contributed by atoms with van der Waals surface area (Å²) in [7, 11) is 4.13. The summed E-state index contributed by atoms with van der Waals surface area (Å²) >= 11 is 0. The molecule has 1 N–H and O–H groups in total. The van der Waals surface area contributed by atoms with Gasteiger partial charge in [0.05, 0.1) is 11.6 Å². The van der Waals surface area contributed by atoms with E-state index < -0.39 is 0 Å². The van der Waals surface area contributed by atoms with Crippen LogP contribution in [-0.4, -0.2) is 19.0 Å². The molecule has 0 saturated carbocycles. The lowest BCUT2D eigenvalue weighted by atomic mass is 10.1. The van der Waals surface area contributed by atoms with Crippen LogP contribution in [-0.2, 0) is 6.54 Å². The second-order valence-electron chi connectivity index (χ2n) is 5.54. The van der Waals surface area contributed by atoms with Crippen molar-refractivity contribution in [1.29, 1.82) is 5.26 Å². The van der Waals surface area contributed by atoms with Crippen LogP contribution in [0.5, 0.6) is 0 Å². The van der Waals surface area contributed by atoms with E-state index in [2.05, 4.69) is 61.6 Å². The van der Waals surface area contributed by atoms with Crippen molar-refractivity contribution in [2.75, 3.05) is 19.4 Å². The van der Waals surface area contributed by atoms with Crippen LogP contribution in [0.3, 0.4) is 0 Å². The first kappa shape index (κ1) is 15.1. The normalized spacial score (nSPS) is 12.0. The lowest BCUT2D eigenvalue weighted by molar-refractivity contribution is 0.402. The second-order valence-corrected chi connectivity index (χ2v) is 5.54. The van der Waals surface area contributed by atoms with E-state index in [0.29, 0.717) is 5.56 Å². The average molecular weight is 279 g/mol. The topological polar surface area (TPSA) is 39.1 Å². The van der Waals surface area contributed by atoms with E-state index in [9.17, 15) is 0 Å². The van der Waals surface area contributed by atoms with Gasteiger partial charge in [-0.3, -0.25) is 0 Å². The van der Waals surface area contributed by atoms with Crippen LogP contribution in [0.15, 0.2) is 48.5 Å². The van der Waals surface area contributed by atoms with E-state index in [0.717, 1.165) is 17.8 Å². The Labute approximate surface area is 126 Å². The average Bonchev–Trinajstić information content (AvgIpc) is 2.49. The van der Waals surface area contributed by atoms with E-state index in [4.69, 9.17) is 5.26 Å². The highest BCUT2D eigenvalue weighted by Gasteiger charge is 2.06. The Kier molecular flexibility index (Phi) is 4.97. The third-order valence-corrected chi connectivity index (χ3v) is 3.35. The summed E-state index contributed by atoms with van der Waals surface area (Å²) in [5.74, 6) is 0. The van der Waals surface area contributed by atoms with Crippen LogP contribution in [0.1, 0.15) is 29.7 Å². The van der Waals surface area contributed by atoms with Gasteiger partial charge in [-0.15, -0.1) is 0 Å². The molecule has 0 aliphatic rings. The minimum Gasteiger partial charge on any atom is -0.379 e. The standard InChI is InChI=1S/C18H21N3/c1-14(17-6-4-5-16(11-17)12-19)20-18-9-7-15(8-10-18)13-21(2)3/h4-11,14,20H,13H2,1-3H3. The minimum absolute atomic E-state index is 0.165. The zero-order valence-corrected chi connectivity index (χ0v) is 12.8. The number of rotatable bonds is 5. The molecule has 1 unspecified atom stereocenters. The third-order valence-electron chi connectivity index (χ3n) is 3.35. The van der Waals surface area contributed by atoms with Gasteiger partial charge in [-0.2, -0.15) is 5.26 Å². The summed E-state index contributed by atoms with van der Waals surface area (Å²) in [6.45, 7) is 3.05. The number of nitriles is 1. The first-order valence-electron chi connectivity index (χ1n) is 7.09. The molecule has 0 spiro atoms. The molecule has 0 saturated heterocycles. The van der Waals surface area contributed by atoms with E-state index in [-0.39, 0.29) is 6.04 Å². The lowest BCUT2D eigenvalue weighted by Crippen LogP contribution is -2.11. The maximum atomic E-state index is 8.96. The minimum atomic E-state index is 0.165. The van der Waals surface area contributed by atoms with Crippen LogP contribution in [0, 0.1) is 11.3 Å². The Hall–Kier alpha value is -2.31. The Bertz CT molecular complexity index is 624. The summed E-state index contributed by atoms with van der Waals surface area (Å²) in [6, 6.07) is 18.5. The van der Waals surface area contributed by atoms with Crippen molar-refractivity contribution in [3.63, 3.8) is 0 Å².